The van der Waals surface area contributed by atoms with Crippen LogP contribution < -0.4 is 0 Å². The van der Waals surface area contributed by atoms with Crippen LogP contribution in [0.2, 0.25) is 0 Å². The van der Waals surface area contributed by atoms with Crippen molar-refractivity contribution in [3.05, 3.63) is 59.4 Å². The van der Waals surface area contributed by atoms with Gasteiger partial charge >= 0.3 is 0 Å². The van der Waals surface area contributed by atoms with Gasteiger partial charge in [0.1, 0.15) is 12.4 Å². The van der Waals surface area contributed by atoms with E-state index >= 15 is 0 Å². The van der Waals surface area contributed by atoms with E-state index in [2.05, 4.69) is 23.2 Å². The first-order valence-electron chi connectivity index (χ1n) is 9.74. The number of nitrogens with zero attached hydrogens (tertiary/aromatic N) is 4. The van der Waals surface area contributed by atoms with Crippen LogP contribution in [0.25, 0.3) is 21.3 Å². The van der Waals surface area contributed by atoms with Crippen LogP contribution >= 0.6 is 11.3 Å². The van der Waals surface area contributed by atoms with Crippen molar-refractivity contribution in [1.29, 1.82) is 0 Å². The van der Waals surface area contributed by atoms with Gasteiger partial charge < -0.3 is 9.47 Å². The van der Waals surface area contributed by atoms with Crippen molar-refractivity contribution in [2.75, 3.05) is 13.1 Å². The summed E-state index contributed by atoms with van der Waals surface area (Å²) in [6.07, 6.45) is 2.12. The van der Waals surface area contributed by atoms with Gasteiger partial charge in [-0.05, 0) is 44.0 Å². The molecule has 28 heavy (non-hydrogen) atoms. The monoisotopic (exact) mass is 390 g/mol. The molecule has 6 heteroatoms. The molecule has 1 saturated heterocycles. The highest BCUT2D eigenvalue weighted by molar-refractivity contribution is 7.18. The molecule has 2 aromatic heterocycles. The number of carbonyl (C=O) groups is 1. The number of imidazole rings is 1. The highest BCUT2D eigenvalue weighted by atomic mass is 32.1. The van der Waals surface area contributed by atoms with Crippen LogP contribution in [0.3, 0.4) is 0 Å². The fourth-order valence-electron chi connectivity index (χ4n) is 4.10. The summed E-state index contributed by atoms with van der Waals surface area (Å²) in [6, 6.07) is 16.3. The van der Waals surface area contributed by atoms with Gasteiger partial charge in [0.05, 0.1) is 26.3 Å². The fourth-order valence-corrected chi connectivity index (χ4v) is 5.19. The van der Waals surface area contributed by atoms with Crippen molar-refractivity contribution in [2.24, 2.45) is 0 Å². The number of aryl methyl sites for hydroxylation is 1. The molecule has 1 atom stereocenters. The number of likely N-dealkylation sites (tertiary alicyclic amines) is 1. The average molecular weight is 391 g/mol. The smallest absolute Gasteiger partial charge is 0.242 e. The topological polar surface area (TPSA) is 51.0 Å². The van der Waals surface area contributed by atoms with E-state index in [9.17, 15) is 4.79 Å². The van der Waals surface area contributed by atoms with Crippen molar-refractivity contribution in [2.45, 2.75) is 32.2 Å². The lowest BCUT2D eigenvalue weighted by atomic mass is 9.98. The van der Waals surface area contributed by atoms with Crippen LogP contribution in [0.5, 0.6) is 0 Å². The normalized spacial score (nSPS) is 17.5. The summed E-state index contributed by atoms with van der Waals surface area (Å²) in [6.45, 7) is 3.89. The van der Waals surface area contributed by atoms with Gasteiger partial charge in [0, 0.05) is 19.0 Å². The van der Waals surface area contributed by atoms with Gasteiger partial charge in [-0.1, -0.05) is 24.3 Å². The Hall–Kier alpha value is -2.73. The van der Waals surface area contributed by atoms with Gasteiger partial charge in [0.15, 0.2) is 0 Å². The predicted octanol–water partition coefficient (Wildman–Crippen LogP) is 4.36. The van der Waals surface area contributed by atoms with Crippen molar-refractivity contribution in [1.82, 2.24) is 19.4 Å². The molecule has 142 valence electrons. The second kappa shape index (κ2) is 7.02. The van der Waals surface area contributed by atoms with Crippen LogP contribution in [0.1, 0.15) is 29.6 Å². The lowest BCUT2D eigenvalue weighted by Gasteiger charge is -2.32. The average Bonchev–Trinajstić information content (AvgIpc) is 3.29. The van der Waals surface area contributed by atoms with E-state index in [1.165, 1.54) is 4.70 Å². The second-order valence-corrected chi connectivity index (χ2v) is 8.49. The van der Waals surface area contributed by atoms with E-state index in [1.807, 2.05) is 46.7 Å². The summed E-state index contributed by atoms with van der Waals surface area (Å²) < 4.78 is 3.25. The number of piperidine rings is 1. The Morgan fingerprint density at radius 3 is 2.75 bits per heavy atom. The largest absolute Gasteiger partial charge is 0.340 e. The van der Waals surface area contributed by atoms with Crippen LogP contribution in [0.15, 0.2) is 48.5 Å². The first-order chi connectivity index (χ1) is 13.7. The molecule has 0 radical (unpaired) electrons. The lowest BCUT2D eigenvalue weighted by molar-refractivity contribution is -0.133. The maximum atomic E-state index is 13.1. The number of fused-ring (bicyclic) bond motifs is 2. The minimum Gasteiger partial charge on any atom is -0.340 e. The third-order valence-electron chi connectivity index (χ3n) is 5.57. The zero-order valence-electron chi connectivity index (χ0n) is 15.8. The van der Waals surface area contributed by atoms with Crippen molar-refractivity contribution in [3.63, 3.8) is 0 Å². The lowest BCUT2D eigenvalue weighted by Crippen LogP contribution is -2.40. The number of benzene rings is 2. The Bertz CT molecular complexity index is 1130. The Balaban J connectivity index is 1.35. The van der Waals surface area contributed by atoms with Crippen LogP contribution in [-0.4, -0.2) is 38.4 Å². The molecule has 5 nitrogen and oxygen atoms in total. The summed E-state index contributed by atoms with van der Waals surface area (Å²) in [5.41, 5.74) is 3.03. The molecule has 0 saturated carbocycles. The molecule has 1 aliphatic heterocycles. The molecule has 0 N–H and O–H groups in total. The minimum absolute atomic E-state index is 0.164. The third kappa shape index (κ3) is 3.07. The number of thiazole rings is 1. The zero-order chi connectivity index (χ0) is 19.1. The number of rotatable bonds is 3. The SMILES string of the molecule is Cc1nc2ccccc2n1CC(=O)N1CCC[C@@H](c2nc3ccccc3s2)C1. The third-order valence-corrected chi connectivity index (χ3v) is 6.77. The summed E-state index contributed by atoms with van der Waals surface area (Å²) in [5.74, 6) is 1.38. The molecule has 3 heterocycles. The Morgan fingerprint density at radius 1 is 1.11 bits per heavy atom. The summed E-state index contributed by atoms with van der Waals surface area (Å²) in [5, 5.41) is 1.16. The molecule has 5 rings (SSSR count). The van der Waals surface area contributed by atoms with Crippen molar-refractivity contribution < 1.29 is 4.79 Å². The molecule has 0 unspecified atom stereocenters. The number of hydrogen-bond donors (Lipinski definition) is 0. The molecule has 1 fully saturated rings. The number of para-hydroxylation sites is 3. The van der Waals surface area contributed by atoms with E-state index in [1.54, 1.807) is 11.3 Å². The molecule has 4 aromatic rings. The van der Waals surface area contributed by atoms with E-state index in [0.29, 0.717) is 12.5 Å². The first kappa shape index (κ1) is 17.4. The van der Waals surface area contributed by atoms with Gasteiger partial charge in [-0.25, -0.2) is 9.97 Å². The van der Waals surface area contributed by atoms with Crippen molar-refractivity contribution >= 4 is 38.5 Å². The molecule has 1 aliphatic rings. The summed E-state index contributed by atoms with van der Waals surface area (Å²) in [4.78, 5) is 24.5. The molecule has 2 aromatic carbocycles. The molecule has 0 aliphatic carbocycles. The van der Waals surface area contributed by atoms with Crippen LogP contribution in [-0.2, 0) is 11.3 Å². The summed E-state index contributed by atoms with van der Waals surface area (Å²) >= 11 is 1.76. The predicted molar refractivity (Wildman–Crippen MR) is 113 cm³/mol. The quantitative estimate of drug-likeness (QED) is 0.522. The standard InChI is InChI=1S/C22H22N4OS/c1-15-23-17-8-2-4-10-19(17)26(15)14-21(27)25-12-6-7-16(13-25)22-24-18-9-3-5-11-20(18)28-22/h2-5,8-11,16H,6-7,12-14H2,1H3/t16-/m1/s1. The maximum absolute atomic E-state index is 13.1. The van der Waals surface area contributed by atoms with E-state index < -0.39 is 0 Å². The van der Waals surface area contributed by atoms with Gasteiger partial charge in [0.25, 0.3) is 0 Å². The number of amides is 1. The van der Waals surface area contributed by atoms with E-state index in [4.69, 9.17) is 4.98 Å². The first-order valence-corrected chi connectivity index (χ1v) is 10.6. The van der Waals surface area contributed by atoms with E-state index in [-0.39, 0.29) is 5.91 Å². The second-order valence-electron chi connectivity index (χ2n) is 7.43. The summed E-state index contributed by atoms with van der Waals surface area (Å²) in [7, 11) is 0. The van der Waals surface area contributed by atoms with Gasteiger partial charge in [-0.2, -0.15) is 0 Å². The highest BCUT2D eigenvalue weighted by Gasteiger charge is 2.27. The number of hydrogen-bond acceptors (Lipinski definition) is 4. The Morgan fingerprint density at radius 2 is 1.89 bits per heavy atom. The van der Waals surface area contributed by atoms with Gasteiger partial charge in [0.2, 0.25) is 5.91 Å². The van der Waals surface area contributed by atoms with E-state index in [0.717, 1.165) is 53.3 Å². The van der Waals surface area contributed by atoms with Gasteiger partial charge in [-0.3, -0.25) is 4.79 Å². The van der Waals surface area contributed by atoms with Crippen LogP contribution in [0, 0.1) is 6.92 Å². The van der Waals surface area contributed by atoms with Crippen molar-refractivity contribution in [3.8, 4) is 0 Å². The highest BCUT2D eigenvalue weighted by Crippen LogP contribution is 2.33. The molecular weight excluding hydrogens is 368 g/mol. The maximum Gasteiger partial charge on any atom is 0.242 e. The Kier molecular flexibility index (Phi) is 4.36. The molecular formula is C22H22N4OS. The zero-order valence-corrected chi connectivity index (χ0v) is 16.7. The molecule has 0 bridgehead atoms. The molecule has 1 amide bonds. The molecule has 0 spiro atoms. The Labute approximate surface area is 167 Å². The van der Waals surface area contributed by atoms with Crippen LogP contribution in [0.4, 0.5) is 0 Å². The minimum atomic E-state index is 0.164. The number of aromatic nitrogens is 3. The number of carbonyl (C=O) groups excluding carboxylic acids is 1. The van der Waals surface area contributed by atoms with Gasteiger partial charge in [-0.15, -0.1) is 11.3 Å². The fraction of sp³-hybridized carbons (Fsp3) is 0.318.